The number of rotatable bonds is 8. The van der Waals surface area contributed by atoms with Crippen LogP contribution in [0.3, 0.4) is 0 Å². The Bertz CT molecular complexity index is 911. The first kappa shape index (κ1) is 20.5. The van der Waals surface area contributed by atoms with Crippen LogP contribution in [0, 0.1) is 0 Å². The summed E-state index contributed by atoms with van der Waals surface area (Å²) in [6, 6.07) is 10.1. The van der Waals surface area contributed by atoms with Gasteiger partial charge in [-0.05, 0) is 24.8 Å². The number of hydrogen-bond donors (Lipinski definition) is 1. The largest absolute Gasteiger partial charge is 0.376 e. The van der Waals surface area contributed by atoms with Gasteiger partial charge in [-0.3, -0.25) is 14.2 Å². The molecule has 1 fully saturated rings. The second kappa shape index (κ2) is 9.82. The van der Waals surface area contributed by atoms with Crippen LogP contribution in [-0.2, 0) is 28.9 Å². The van der Waals surface area contributed by atoms with Crippen LogP contribution in [0.4, 0.5) is 0 Å². The molecule has 4 rings (SSSR count). The minimum atomic E-state index is -0.0516. The van der Waals surface area contributed by atoms with Gasteiger partial charge in [-0.25, -0.2) is 4.98 Å². The van der Waals surface area contributed by atoms with Gasteiger partial charge in [0, 0.05) is 31.9 Å². The van der Waals surface area contributed by atoms with Crippen LogP contribution in [0.5, 0.6) is 0 Å². The number of nitrogens with zero attached hydrogens (tertiary/aromatic N) is 2. The van der Waals surface area contributed by atoms with Crippen molar-refractivity contribution < 1.29 is 9.53 Å². The lowest BCUT2D eigenvalue weighted by molar-refractivity contribution is -0.119. The molecule has 1 amide bonds. The Labute approximate surface area is 178 Å². The molecule has 0 bridgehead atoms. The molecule has 2 aromatic rings. The summed E-state index contributed by atoms with van der Waals surface area (Å²) in [5, 5.41) is 3.57. The normalized spacial score (nSPS) is 18.0. The minimum Gasteiger partial charge on any atom is -0.376 e. The van der Waals surface area contributed by atoms with Crippen molar-refractivity contribution in [1.29, 1.82) is 0 Å². The summed E-state index contributed by atoms with van der Waals surface area (Å²) < 4.78 is 7.28. The Morgan fingerprint density at radius 1 is 1.34 bits per heavy atom. The molecule has 3 heterocycles. The van der Waals surface area contributed by atoms with E-state index in [4.69, 9.17) is 9.72 Å². The Hall–Kier alpha value is -1.77. The fourth-order valence-electron chi connectivity index (χ4n) is 3.53. The number of aromatic nitrogens is 2. The van der Waals surface area contributed by atoms with Gasteiger partial charge in [-0.15, -0.1) is 11.8 Å². The Kier molecular flexibility index (Phi) is 6.94. The second-order valence-electron chi connectivity index (χ2n) is 7.19. The third-order valence-corrected chi connectivity index (χ3v) is 7.18. The topological polar surface area (TPSA) is 73.2 Å². The quantitative estimate of drug-likeness (QED) is 0.512. The van der Waals surface area contributed by atoms with E-state index in [1.807, 2.05) is 18.2 Å². The Morgan fingerprint density at radius 3 is 3.00 bits per heavy atom. The smallest absolute Gasteiger partial charge is 0.268 e. The van der Waals surface area contributed by atoms with Crippen LogP contribution < -0.4 is 10.9 Å². The number of ether oxygens (including phenoxy) is 1. The van der Waals surface area contributed by atoms with E-state index in [-0.39, 0.29) is 23.3 Å². The number of benzene rings is 1. The predicted molar refractivity (Wildman–Crippen MR) is 116 cm³/mol. The van der Waals surface area contributed by atoms with E-state index in [9.17, 15) is 9.59 Å². The monoisotopic (exact) mass is 431 g/mol. The average Bonchev–Trinajstić information content (AvgIpc) is 3.43. The maximum absolute atomic E-state index is 13.0. The van der Waals surface area contributed by atoms with Gasteiger partial charge in [0.25, 0.3) is 5.56 Å². The zero-order valence-corrected chi connectivity index (χ0v) is 17.9. The molecule has 0 aliphatic carbocycles. The highest BCUT2D eigenvalue weighted by Gasteiger charge is 2.22. The SMILES string of the molecule is O=C(CSc1nc2c(c(=O)n1CCc1ccccc1)SCC2)NC[C@@H]1CCCO1. The number of nitrogens with one attached hydrogen (secondary N) is 1. The molecule has 0 spiro atoms. The molecular formula is C21H25N3O3S2. The first-order chi connectivity index (χ1) is 14.2. The number of fused-ring (bicyclic) bond motifs is 1. The fraction of sp³-hybridized carbons (Fsp3) is 0.476. The molecule has 1 saturated heterocycles. The van der Waals surface area contributed by atoms with Crippen molar-refractivity contribution in [2.45, 2.75) is 48.4 Å². The Morgan fingerprint density at radius 2 is 2.21 bits per heavy atom. The van der Waals surface area contributed by atoms with Crippen LogP contribution in [0.1, 0.15) is 24.1 Å². The fourth-order valence-corrected chi connectivity index (χ4v) is 5.45. The van der Waals surface area contributed by atoms with Crippen LogP contribution in [0.15, 0.2) is 45.2 Å². The van der Waals surface area contributed by atoms with Crippen LogP contribution >= 0.6 is 23.5 Å². The molecule has 0 unspecified atom stereocenters. The van der Waals surface area contributed by atoms with Crippen LogP contribution in [-0.4, -0.2) is 46.2 Å². The van der Waals surface area contributed by atoms with Crippen molar-refractivity contribution in [2.75, 3.05) is 24.7 Å². The molecule has 154 valence electrons. The lowest BCUT2D eigenvalue weighted by atomic mass is 10.1. The zero-order chi connectivity index (χ0) is 20.1. The summed E-state index contributed by atoms with van der Waals surface area (Å²) in [5.41, 5.74) is 2.08. The minimum absolute atomic E-state index is 0.0238. The highest BCUT2D eigenvalue weighted by Crippen LogP contribution is 2.28. The number of carbonyl (C=O) groups excluding carboxylic acids is 1. The van der Waals surface area contributed by atoms with Gasteiger partial charge in [0.15, 0.2) is 5.16 Å². The van der Waals surface area contributed by atoms with Gasteiger partial charge < -0.3 is 10.1 Å². The van der Waals surface area contributed by atoms with Crippen molar-refractivity contribution in [3.63, 3.8) is 0 Å². The molecule has 2 aliphatic heterocycles. The van der Waals surface area contributed by atoms with E-state index >= 15 is 0 Å². The maximum atomic E-state index is 13.0. The molecule has 1 aromatic heterocycles. The molecule has 0 saturated carbocycles. The summed E-state index contributed by atoms with van der Waals surface area (Å²) in [7, 11) is 0. The molecular weight excluding hydrogens is 406 g/mol. The molecule has 29 heavy (non-hydrogen) atoms. The van der Waals surface area contributed by atoms with Crippen molar-refractivity contribution in [3.8, 4) is 0 Å². The summed E-state index contributed by atoms with van der Waals surface area (Å²) in [5.74, 6) is 1.09. The summed E-state index contributed by atoms with van der Waals surface area (Å²) >= 11 is 2.93. The molecule has 6 nitrogen and oxygen atoms in total. The van der Waals surface area contributed by atoms with Crippen LogP contribution in [0.25, 0.3) is 0 Å². The van der Waals surface area contributed by atoms with E-state index in [2.05, 4.69) is 17.4 Å². The third-order valence-electron chi connectivity index (χ3n) is 5.10. The van der Waals surface area contributed by atoms with Gasteiger partial charge in [0.1, 0.15) is 0 Å². The zero-order valence-electron chi connectivity index (χ0n) is 16.3. The Balaban J connectivity index is 1.43. The van der Waals surface area contributed by atoms with Crippen LogP contribution in [0.2, 0.25) is 0 Å². The van der Waals surface area contributed by atoms with Gasteiger partial charge in [0.2, 0.25) is 5.91 Å². The lowest BCUT2D eigenvalue weighted by Gasteiger charge is -2.14. The molecule has 1 atom stereocenters. The number of amides is 1. The predicted octanol–water partition coefficient (Wildman–Crippen LogP) is 2.52. The third kappa shape index (κ3) is 5.24. The highest BCUT2D eigenvalue weighted by molar-refractivity contribution is 8.00. The van der Waals surface area contributed by atoms with E-state index in [1.54, 1.807) is 16.3 Å². The molecule has 0 radical (unpaired) electrons. The van der Waals surface area contributed by atoms with E-state index in [0.717, 1.165) is 48.6 Å². The standard InChI is InChI=1S/C21H25N3O3S2/c25-18(22-13-16-7-4-11-27-16)14-29-21-23-17-9-12-28-19(17)20(26)24(21)10-8-15-5-2-1-3-6-15/h1-3,5-6,16H,4,7-14H2,(H,22,25)/t16-/m0/s1. The van der Waals surface area contributed by atoms with Gasteiger partial charge >= 0.3 is 0 Å². The maximum Gasteiger partial charge on any atom is 0.268 e. The second-order valence-corrected chi connectivity index (χ2v) is 9.24. The summed E-state index contributed by atoms with van der Waals surface area (Å²) in [6.45, 7) is 1.89. The molecule has 1 N–H and O–H groups in total. The highest BCUT2D eigenvalue weighted by atomic mass is 32.2. The number of hydrogen-bond acceptors (Lipinski definition) is 6. The van der Waals surface area contributed by atoms with Crippen molar-refractivity contribution in [1.82, 2.24) is 14.9 Å². The lowest BCUT2D eigenvalue weighted by Crippen LogP contribution is -2.33. The van der Waals surface area contributed by atoms with Gasteiger partial charge in [0.05, 0.1) is 22.4 Å². The van der Waals surface area contributed by atoms with Gasteiger partial charge in [-0.2, -0.15) is 0 Å². The van der Waals surface area contributed by atoms with Crippen molar-refractivity contribution >= 4 is 29.4 Å². The van der Waals surface area contributed by atoms with E-state index in [0.29, 0.717) is 18.2 Å². The van der Waals surface area contributed by atoms with Crippen molar-refractivity contribution in [3.05, 3.63) is 51.9 Å². The first-order valence-corrected chi connectivity index (χ1v) is 12.0. The van der Waals surface area contributed by atoms with Crippen molar-refractivity contribution in [2.24, 2.45) is 0 Å². The average molecular weight is 432 g/mol. The molecule has 8 heteroatoms. The first-order valence-electron chi connectivity index (χ1n) is 10.0. The van der Waals surface area contributed by atoms with Gasteiger partial charge in [-0.1, -0.05) is 42.1 Å². The number of thioether (sulfide) groups is 2. The van der Waals surface area contributed by atoms with E-state index < -0.39 is 0 Å². The number of carbonyl (C=O) groups is 1. The summed E-state index contributed by atoms with van der Waals surface area (Å²) in [6.07, 6.45) is 3.75. The molecule has 1 aromatic carbocycles. The number of aryl methyl sites for hydroxylation is 2. The van der Waals surface area contributed by atoms with E-state index in [1.165, 1.54) is 17.3 Å². The molecule has 2 aliphatic rings. The summed E-state index contributed by atoms with van der Waals surface area (Å²) in [4.78, 5) is 30.8.